The van der Waals surface area contributed by atoms with E-state index < -0.39 is 5.97 Å². The van der Waals surface area contributed by atoms with Gasteiger partial charge in [-0.1, -0.05) is 13.0 Å². The van der Waals surface area contributed by atoms with E-state index in [0.717, 1.165) is 43.9 Å². The molecule has 0 saturated carbocycles. The maximum atomic E-state index is 11.0. The van der Waals surface area contributed by atoms with Gasteiger partial charge >= 0.3 is 5.97 Å². The normalized spacial score (nSPS) is 15.3. The van der Waals surface area contributed by atoms with Crippen molar-refractivity contribution in [2.75, 3.05) is 23.3 Å². The van der Waals surface area contributed by atoms with Crippen molar-refractivity contribution < 1.29 is 9.90 Å². The van der Waals surface area contributed by atoms with Crippen LogP contribution in [0.3, 0.4) is 0 Å². The molecule has 7 nitrogen and oxygen atoms in total. The fourth-order valence-corrected chi connectivity index (χ4v) is 2.85. The van der Waals surface area contributed by atoms with E-state index in [2.05, 4.69) is 32.1 Å². The number of aromatic nitrogens is 3. The Balaban J connectivity index is 1.59. The van der Waals surface area contributed by atoms with Crippen molar-refractivity contribution in [2.24, 2.45) is 0 Å². The SMILES string of the molecule is CCc1cc(N2CCC(Nc3cccc(C(=O)O)n3)CC2)ncn1. The number of carbonyl (C=O) groups is 1. The van der Waals surface area contributed by atoms with Crippen LogP contribution >= 0.6 is 0 Å². The molecule has 0 spiro atoms. The lowest BCUT2D eigenvalue weighted by Crippen LogP contribution is -2.39. The van der Waals surface area contributed by atoms with Gasteiger partial charge < -0.3 is 15.3 Å². The second-order valence-electron chi connectivity index (χ2n) is 5.84. The van der Waals surface area contributed by atoms with Crippen LogP contribution in [0, 0.1) is 0 Å². The summed E-state index contributed by atoms with van der Waals surface area (Å²) in [6, 6.07) is 7.34. The molecule has 0 aliphatic carbocycles. The summed E-state index contributed by atoms with van der Waals surface area (Å²) < 4.78 is 0. The van der Waals surface area contributed by atoms with E-state index in [9.17, 15) is 4.79 Å². The van der Waals surface area contributed by atoms with Crippen molar-refractivity contribution >= 4 is 17.6 Å². The topological polar surface area (TPSA) is 91.2 Å². The van der Waals surface area contributed by atoms with Crippen LogP contribution in [0.25, 0.3) is 0 Å². The van der Waals surface area contributed by atoms with Crippen LogP contribution in [0.15, 0.2) is 30.6 Å². The molecule has 0 radical (unpaired) electrons. The summed E-state index contributed by atoms with van der Waals surface area (Å²) in [5.74, 6) is 0.582. The highest BCUT2D eigenvalue weighted by molar-refractivity contribution is 5.85. The third-order valence-corrected chi connectivity index (χ3v) is 4.21. The summed E-state index contributed by atoms with van der Waals surface area (Å²) in [6.45, 7) is 3.88. The first kappa shape index (κ1) is 16.2. The number of carboxylic acids is 1. The molecule has 2 aromatic heterocycles. The first-order valence-electron chi connectivity index (χ1n) is 8.18. The number of aryl methyl sites for hydroxylation is 1. The van der Waals surface area contributed by atoms with E-state index in [4.69, 9.17) is 5.11 Å². The lowest BCUT2D eigenvalue weighted by atomic mass is 10.0. The maximum absolute atomic E-state index is 11.0. The van der Waals surface area contributed by atoms with Crippen LogP contribution in [0.1, 0.15) is 35.9 Å². The predicted molar refractivity (Wildman–Crippen MR) is 91.5 cm³/mol. The summed E-state index contributed by atoms with van der Waals surface area (Å²) >= 11 is 0. The number of aromatic carboxylic acids is 1. The van der Waals surface area contributed by atoms with Gasteiger partial charge in [-0.15, -0.1) is 0 Å². The lowest BCUT2D eigenvalue weighted by molar-refractivity contribution is 0.0690. The van der Waals surface area contributed by atoms with E-state index in [1.165, 1.54) is 6.07 Å². The van der Waals surface area contributed by atoms with Crippen LogP contribution < -0.4 is 10.2 Å². The fraction of sp³-hybridized carbons (Fsp3) is 0.412. The number of piperidine rings is 1. The van der Waals surface area contributed by atoms with E-state index in [-0.39, 0.29) is 11.7 Å². The zero-order valence-electron chi connectivity index (χ0n) is 13.6. The molecule has 7 heteroatoms. The zero-order valence-corrected chi connectivity index (χ0v) is 13.6. The molecule has 24 heavy (non-hydrogen) atoms. The molecule has 1 saturated heterocycles. The van der Waals surface area contributed by atoms with Crippen LogP contribution in [-0.2, 0) is 6.42 Å². The van der Waals surface area contributed by atoms with Crippen molar-refractivity contribution in [1.29, 1.82) is 0 Å². The Morgan fingerprint density at radius 2 is 2.12 bits per heavy atom. The van der Waals surface area contributed by atoms with Crippen molar-refractivity contribution in [3.63, 3.8) is 0 Å². The first-order chi connectivity index (χ1) is 11.7. The number of nitrogens with zero attached hydrogens (tertiary/aromatic N) is 4. The second kappa shape index (κ2) is 7.25. The molecule has 0 unspecified atom stereocenters. The molecule has 0 atom stereocenters. The smallest absolute Gasteiger partial charge is 0.354 e. The zero-order chi connectivity index (χ0) is 16.9. The molecule has 0 amide bonds. The van der Waals surface area contributed by atoms with Crippen LogP contribution in [0.2, 0.25) is 0 Å². The van der Waals surface area contributed by atoms with E-state index in [1.54, 1.807) is 18.5 Å². The minimum Gasteiger partial charge on any atom is -0.477 e. The van der Waals surface area contributed by atoms with Gasteiger partial charge in [0.05, 0.1) is 0 Å². The highest BCUT2D eigenvalue weighted by Gasteiger charge is 2.21. The average Bonchev–Trinajstić information content (AvgIpc) is 2.62. The van der Waals surface area contributed by atoms with Gasteiger partial charge in [-0.3, -0.25) is 0 Å². The van der Waals surface area contributed by atoms with Gasteiger partial charge in [0.15, 0.2) is 5.69 Å². The number of carboxylic acid groups (broad SMARTS) is 1. The Morgan fingerprint density at radius 3 is 2.83 bits per heavy atom. The van der Waals surface area contributed by atoms with Gasteiger partial charge in [0.25, 0.3) is 0 Å². The molecule has 3 rings (SSSR count). The molecule has 3 heterocycles. The molecule has 1 aliphatic rings. The van der Waals surface area contributed by atoms with Crippen molar-refractivity contribution in [2.45, 2.75) is 32.2 Å². The largest absolute Gasteiger partial charge is 0.477 e. The Hall–Kier alpha value is -2.70. The van der Waals surface area contributed by atoms with Crippen molar-refractivity contribution in [3.8, 4) is 0 Å². The van der Waals surface area contributed by atoms with Crippen molar-refractivity contribution in [3.05, 3.63) is 42.0 Å². The van der Waals surface area contributed by atoms with Crippen LogP contribution in [-0.4, -0.2) is 45.2 Å². The molecular formula is C17H21N5O2. The molecule has 0 aromatic carbocycles. The van der Waals surface area contributed by atoms with E-state index >= 15 is 0 Å². The summed E-state index contributed by atoms with van der Waals surface area (Å²) in [5, 5.41) is 12.3. The monoisotopic (exact) mass is 327 g/mol. The molecule has 1 aliphatic heterocycles. The first-order valence-corrected chi connectivity index (χ1v) is 8.18. The molecule has 1 fully saturated rings. The molecular weight excluding hydrogens is 306 g/mol. The minimum atomic E-state index is -1.01. The van der Waals surface area contributed by atoms with Crippen LogP contribution in [0.5, 0.6) is 0 Å². The highest BCUT2D eigenvalue weighted by atomic mass is 16.4. The molecule has 2 aromatic rings. The molecule has 0 bridgehead atoms. The van der Waals surface area contributed by atoms with Gasteiger partial charge in [-0.05, 0) is 31.4 Å². The summed E-state index contributed by atoms with van der Waals surface area (Å²) in [4.78, 5) is 26.0. The summed E-state index contributed by atoms with van der Waals surface area (Å²) in [7, 11) is 0. The van der Waals surface area contributed by atoms with Gasteiger partial charge in [0.2, 0.25) is 0 Å². The molecule has 2 N–H and O–H groups in total. The van der Waals surface area contributed by atoms with Crippen molar-refractivity contribution in [1.82, 2.24) is 15.0 Å². The highest BCUT2D eigenvalue weighted by Crippen LogP contribution is 2.20. The number of hydrogen-bond donors (Lipinski definition) is 2. The molecule has 126 valence electrons. The number of anilines is 2. The Bertz CT molecular complexity index is 714. The minimum absolute atomic E-state index is 0.0607. The summed E-state index contributed by atoms with van der Waals surface area (Å²) in [5.41, 5.74) is 1.11. The van der Waals surface area contributed by atoms with Gasteiger partial charge in [-0.25, -0.2) is 19.7 Å². The third-order valence-electron chi connectivity index (χ3n) is 4.21. The third kappa shape index (κ3) is 3.79. The Kier molecular flexibility index (Phi) is 4.88. The van der Waals surface area contributed by atoms with E-state index in [0.29, 0.717) is 5.82 Å². The summed E-state index contributed by atoms with van der Waals surface area (Å²) in [6.07, 6.45) is 4.42. The van der Waals surface area contributed by atoms with Gasteiger partial charge in [-0.2, -0.15) is 0 Å². The number of nitrogens with one attached hydrogen (secondary N) is 1. The van der Waals surface area contributed by atoms with Gasteiger partial charge in [0.1, 0.15) is 18.0 Å². The standard InChI is InChI=1S/C17H21N5O2/c1-2-12-10-16(19-11-18-12)22-8-6-13(7-9-22)20-15-5-3-4-14(21-15)17(23)24/h3-5,10-11,13H,2,6-9H2,1H3,(H,20,21)(H,23,24). The fourth-order valence-electron chi connectivity index (χ4n) is 2.85. The van der Waals surface area contributed by atoms with Crippen LogP contribution in [0.4, 0.5) is 11.6 Å². The lowest BCUT2D eigenvalue weighted by Gasteiger charge is -2.33. The van der Waals surface area contributed by atoms with E-state index in [1.807, 2.05) is 6.07 Å². The number of hydrogen-bond acceptors (Lipinski definition) is 6. The number of pyridine rings is 1. The Labute approximate surface area is 140 Å². The quantitative estimate of drug-likeness (QED) is 0.870. The Morgan fingerprint density at radius 1 is 1.33 bits per heavy atom. The predicted octanol–water partition coefficient (Wildman–Crippen LogP) is 2.21. The number of rotatable bonds is 5. The average molecular weight is 327 g/mol. The maximum Gasteiger partial charge on any atom is 0.354 e. The second-order valence-corrected chi connectivity index (χ2v) is 5.84. The van der Waals surface area contributed by atoms with Gasteiger partial charge in [0, 0.05) is 30.9 Å².